The summed E-state index contributed by atoms with van der Waals surface area (Å²) >= 11 is 5.90. The summed E-state index contributed by atoms with van der Waals surface area (Å²) in [5.74, 6) is 0.599. The van der Waals surface area contributed by atoms with Gasteiger partial charge in [0.05, 0.1) is 7.11 Å². The Hall–Kier alpha value is -1.14. The molecule has 1 aliphatic heterocycles. The number of nitrogens with zero attached hydrogens (tertiary/aromatic N) is 4. The van der Waals surface area contributed by atoms with E-state index in [1.165, 1.54) is 7.11 Å². The fourth-order valence-electron chi connectivity index (χ4n) is 2.13. The molecule has 0 saturated carbocycles. The van der Waals surface area contributed by atoms with Gasteiger partial charge in [-0.05, 0) is 31.0 Å². The molecule has 18 heavy (non-hydrogen) atoms. The molecule has 100 valence electrons. The molecule has 0 bridgehead atoms. The lowest BCUT2D eigenvalue weighted by molar-refractivity contribution is 0.377. The van der Waals surface area contributed by atoms with Crippen molar-refractivity contribution in [3.05, 3.63) is 5.28 Å². The quantitative estimate of drug-likeness (QED) is 0.866. The second kappa shape index (κ2) is 6.15. The monoisotopic (exact) mass is 271 g/mol. The van der Waals surface area contributed by atoms with Crippen LogP contribution >= 0.6 is 11.6 Å². The van der Waals surface area contributed by atoms with Gasteiger partial charge in [0.25, 0.3) is 0 Å². The van der Waals surface area contributed by atoms with E-state index in [1.54, 1.807) is 0 Å². The third kappa shape index (κ3) is 3.00. The Morgan fingerprint density at radius 3 is 2.89 bits per heavy atom. The van der Waals surface area contributed by atoms with Crippen LogP contribution in [0.4, 0.5) is 5.95 Å². The summed E-state index contributed by atoms with van der Waals surface area (Å²) in [5, 5.41) is 3.52. The Morgan fingerprint density at radius 1 is 1.44 bits per heavy atom. The van der Waals surface area contributed by atoms with E-state index < -0.39 is 0 Å². The maximum atomic E-state index is 5.90. The minimum atomic E-state index is 0.170. The van der Waals surface area contributed by atoms with Crippen LogP contribution in [0.25, 0.3) is 0 Å². The first-order valence-corrected chi connectivity index (χ1v) is 6.55. The van der Waals surface area contributed by atoms with Crippen LogP contribution in [0.5, 0.6) is 6.01 Å². The minimum absolute atomic E-state index is 0.170. The van der Waals surface area contributed by atoms with E-state index in [2.05, 4.69) is 32.1 Å². The van der Waals surface area contributed by atoms with Gasteiger partial charge in [0.1, 0.15) is 0 Å². The Bertz CT molecular complexity index is 397. The number of hydrogen-bond donors (Lipinski definition) is 1. The summed E-state index contributed by atoms with van der Waals surface area (Å²) in [4.78, 5) is 14.6. The van der Waals surface area contributed by atoms with Crippen molar-refractivity contribution in [1.82, 2.24) is 20.3 Å². The van der Waals surface area contributed by atoms with Crippen molar-refractivity contribution >= 4 is 17.5 Å². The third-order valence-corrected chi connectivity index (χ3v) is 3.12. The Labute approximate surface area is 112 Å². The maximum Gasteiger partial charge on any atom is 0.322 e. The lowest BCUT2D eigenvalue weighted by Crippen LogP contribution is -2.38. The molecule has 0 aromatic carbocycles. The number of halogens is 1. The molecule has 1 aliphatic rings. The SMILES string of the molecule is CCCN(c1nc(Cl)nc(OC)n1)C1CCNC1. The van der Waals surface area contributed by atoms with Crippen molar-refractivity contribution in [2.75, 3.05) is 31.6 Å². The molecule has 6 nitrogen and oxygen atoms in total. The highest BCUT2D eigenvalue weighted by atomic mass is 35.5. The van der Waals surface area contributed by atoms with Crippen LogP contribution in [0.1, 0.15) is 19.8 Å². The summed E-state index contributed by atoms with van der Waals surface area (Å²) < 4.78 is 5.04. The first-order valence-electron chi connectivity index (χ1n) is 6.17. The molecule has 2 heterocycles. The van der Waals surface area contributed by atoms with Gasteiger partial charge in [-0.2, -0.15) is 15.0 Å². The second-order valence-electron chi connectivity index (χ2n) is 4.23. The first kappa shape index (κ1) is 13.3. The molecule has 0 aliphatic carbocycles. The zero-order valence-electron chi connectivity index (χ0n) is 10.7. The van der Waals surface area contributed by atoms with E-state index >= 15 is 0 Å². The van der Waals surface area contributed by atoms with Crippen molar-refractivity contribution in [1.29, 1.82) is 0 Å². The Balaban J connectivity index is 2.25. The van der Waals surface area contributed by atoms with E-state index in [9.17, 15) is 0 Å². The molecule has 7 heteroatoms. The summed E-state index contributed by atoms with van der Waals surface area (Å²) in [6.07, 6.45) is 2.12. The molecular formula is C11H18ClN5O. The molecule has 1 aromatic heterocycles. The van der Waals surface area contributed by atoms with Crippen LogP contribution in [0.15, 0.2) is 0 Å². The van der Waals surface area contributed by atoms with Crippen LogP contribution in [0, 0.1) is 0 Å². The van der Waals surface area contributed by atoms with Crippen molar-refractivity contribution in [3.8, 4) is 6.01 Å². The van der Waals surface area contributed by atoms with Crippen LogP contribution in [-0.2, 0) is 0 Å². The number of rotatable bonds is 5. The van der Waals surface area contributed by atoms with Gasteiger partial charge in [-0.15, -0.1) is 0 Å². The number of anilines is 1. The molecule has 1 N–H and O–H groups in total. The Kier molecular flexibility index (Phi) is 4.54. The molecule has 1 unspecified atom stereocenters. The zero-order valence-corrected chi connectivity index (χ0v) is 11.4. The standard InChI is InChI=1S/C11H18ClN5O/c1-3-6-17(8-4-5-13-7-8)10-14-9(12)15-11(16-10)18-2/h8,13H,3-7H2,1-2H3. The van der Waals surface area contributed by atoms with Crippen molar-refractivity contribution < 1.29 is 4.74 Å². The van der Waals surface area contributed by atoms with Crippen LogP contribution in [0.3, 0.4) is 0 Å². The normalized spacial score (nSPS) is 18.9. The van der Waals surface area contributed by atoms with Crippen molar-refractivity contribution in [2.45, 2.75) is 25.8 Å². The van der Waals surface area contributed by atoms with E-state index in [0.29, 0.717) is 12.0 Å². The number of ether oxygens (including phenoxy) is 1. The number of aromatic nitrogens is 3. The average molecular weight is 272 g/mol. The minimum Gasteiger partial charge on any atom is -0.467 e. The topological polar surface area (TPSA) is 63.2 Å². The van der Waals surface area contributed by atoms with Crippen LogP contribution < -0.4 is 15.0 Å². The molecule has 1 fully saturated rings. The van der Waals surface area contributed by atoms with Gasteiger partial charge in [-0.1, -0.05) is 6.92 Å². The molecule has 0 amide bonds. The predicted octanol–water partition coefficient (Wildman–Crippen LogP) is 1.11. The number of hydrogen-bond acceptors (Lipinski definition) is 6. The summed E-state index contributed by atoms with van der Waals surface area (Å²) in [7, 11) is 1.52. The molecule has 0 spiro atoms. The fraction of sp³-hybridized carbons (Fsp3) is 0.727. The first-order chi connectivity index (χ1) is 8.74. The van der Waals surface area contributed by atoms with E-state index in [0.717, 1.165) is 32.5 Å². The molecular weight excluding hydrogens is 254 g/mol. The second-order valence-corrected chi connectivity index (χ2v) is 4.57. The lowest BCUT2D eigenvalue weighted by atomic mass is 10.2. The maximum absolute atomic E-state index is 5.90. The van der Waals surface area contributed by atoms with E-state index in [-0.39, 0.29) is 11.3 Å². The van der Waals surface area contributed by atoms with E-state index in [4.69, 9.17) is 16.3 Å². The summed E-state index contributed by atoms with van der Waals surface area (Å²) in [6.45, 7) is 5.01. The Morgan fingerprint density at radius 2 is 2.28 bits per heavy atom. The molecule has 1 aromatic rings. The van der Waals surface area contributed by atoms with Gasteiger partial charge in [0.2, 0.25) is 11.2 Å². The molecule has 1 saturated heterocycles. The highest BCUT2D eigenvalue weighted by molar-refractivity contribution is 6.28. The largest absolute Gasteiger partial charge is 0.467 e. The van der Waals surface area contributed by atoms with E-state index in [1.807, 2.05) is 0 Å². The molecule has 1 atom stereocenters. The third-order valence-electron chi connectivity index (χ3n) is 2.95. The van der Waals surface area contributed by atoms with Gasteiger partial charge in [0.15, 0.2) is 0 Å². The van der Waals surface area contributed by atoms with Crippen LogP contribution in [-0.4, -0.2) is 47.7 Å². The van der Waals surface area contributed by atoms with Crippen molar-refractivity contribution in [2.24, 2.45) is 0 Å². The van der Waals surface area contributed by atoms with Gasteiger partial charge in [-0.3, -0.25) is 0 Å². The highest BCUT2D eigenvalue weighted by Crippen LogP contribution is 2.20. The molecule has 0 radical (unpaired) electrons. The van der Waals surface area contributed by atoms with Gasteiger partial charge in [-0.25, -0.2) is 0 Å². The average Bonchev–Trinajstić information content (AvgIpc) is 2.88. The summed E-state index contributed by atoms with van der Waals surface area (Å²) in [5.41, 5.74) is 0. The lowest BCUT2D eigenvalue weighted by Gasteiger charge is -2.28. The van der Waals surface area contributed by atoms with Gasteiger partial charge < -0.3 is 15.0 Å². The number of methoxy groups -OCH3 is 1. The summed E-state index contributed by atoms with van der Waals surface area (Å²) in [6, 6.07) is 0.671. The van der Waals surface area contributed by atoms with Crippen LogP contribution in [0.2, 0.25) is 5.28 Å². The van der Waals surface area contributed by atoms with Gasteiger partial charge >= 0.3 is 6.01 Å². The van der Waals surface area contributed by atoms with Gasteiger partial charge in [0, 0.05) is 19.1 Å². The number of nitrogens with one attached hydrogen (secondary N) is 1. The molecule has 2 rings (SSSR count). The predicted molar refractivity (Wildman–Crippen MR) is 70.3 cm³/mol. The zero-order chi connectivity index (χ0) is 13.0. The highest BCUT2D eigenvalue weighted by Gasteiger charge is 2.24. The smallest absolute Gasteiger partial charge is 0.322 e. The fourth-order valence-corrected chi connectivity index (χ4v) is 2.28. The van der Waals surface area contributed by atoms with Crippen molar-refractivity contribution in [3.63, 3.8) is 0 Å².